The van der Waals surface area contributed by atoms with Gasteiger partial charge in [0.25, 0.3) is 0 Å². The van der Waals surface area contributed by atoms with Crippen LogP contribution in [0.3, 0.4) is 0 Å². The van der Waals surface area contributed by atoms with E-state index in [1.165, 1.54) is 0 Å². The molecule has 0 aromatic heterocycles. The molecule has 0 aromatic carbocycles. The van der Waals surface area contributed by atoms with Crippen LogP contribution in [0.5, 0.6) is 0 Å². The van der Waals surface area contributed by atoms with Gasteiger partial charge in [-0.15, -0.1) is 0 Å². The Morgan fingerprint density at radius 1 is 1.35 bits per heavy atom. The zero-order chi connectivity index (χ0) is 12.9. The van der Waals surface area contributed by atoms with Crippen LogP contribution >= 0.6 is 11.8 Å². The van der Waals surface area contributed by atoms with Crippen molar-refractivity contribution in [1.82, 2.24) is 0 Å². The highest BCUT2D eigenvalue weighted by Gasteiger charge is 2.09. The maximum atomic E-state index is 11.3. The van der Waals surface area contributed by atoms with Gasteiger partial charge in [-0.1, -0.05) is 26.7 Å². The van der Waals surface area contributed by atoms with Crippen molar-refractivity contribution in [2.24, 2.45) is 0 Å². The van der Waals surface area contributed by atoms with Crippen molar-refractivity contribution in [1.29, 1.82) is 0 Å². The fraction of sp³-hybridized carbons (Fsp3) is 0.846. The van der Waals surface area contributed by atoms with Gasteiger partial charge >= 0.3 is 5.97 Å². The Bertz CT molecular complexity index is 207. The van der Waals surface area contributed by atoms with E-state index in [1.807, 2.05) is 0 Å². The molecule has 4 heteroatoms. The second-order valence-corrected chi connectivity index (χ2v) is 5.42. The van der Waals surface area contributed by atoms with Gasteiger partial charge in [-0.2, -0.15) is 11.8 Å². The Morgan fingerprint density at radius 2 is 2.12 bits per heavy atom. The molecule has 0 saturated carbocycles. The predicted octanol–water partition coefficient (Wildman–Crippen LogP) is 3.21. The van der Waals surface area contributed by atoms with E-state index in [0.717, 1.165) is 37.7 Å². The number of thioether (sulfide) groups is 1. The topological polar surface area (TPSA) is 43.4 Å². The van der Waals surface area contributed by atoms with Crippen LogP contribution in [-0.2, 0) is 14.3 Å². The predicted molar refractivity (Wildman–Crippen MR) is 72.3 cm³/mol. The van der Waals surface area contributed by atoms with Crippen molar-refractivity contribution >= 4 is 24.0 Å². The van der Waals surface area contributed by atoms with Crippen LogP contribution in [0.1, 0.15) is 52.4 Å². The zero-order valence-electron chi connectivity index (χ0n) is 10.9. The molecular weight excluding hydrogens is 236 g/mol. The third kappa shape index (κ3) is 10.4. The summed E-state index contributed by atoms with van der Waals surface area (Å²) in [6.45, 7) is 4.71. The quantitative estimate of drug-likeness (QED) is 0.325. The van der Waals surface area contributed by atoms with Crippen molar-refractivity contribution in [3.63, 3.8) is 0 Å². The number of ether oxygens (including phenoxy) is 1. The van der Waals surface area contributed by atoms with Gasteiger partial charge in [0.2, 0.25) is 0 Å². The van der Waals surface area contributed by atoms with E-state index in [-0.39, 0.29) is 5.97 Å². The Labute approximate surface area is 109 Å². The van der Waals surface area contributed by atoms with Gasteiger partial charge in [0.05, 0.1) is 13.0 Å². The van der Waals surface area contributed by atoms with Crippen LogP contribution in [0.4, 0.5) is 0 Å². The standard InChI is InChI=1S/C13H24O3S/c1-3-5-10-16-13(15)8-11-17-12(6-4-2)7-9-14/h9,12H,3-8,10-11H2,1-2H3. The average molecular weight is 260 g/mol. The van der Waals surface area contributed by atoms with Crippen LogP contribution in [-0.4, -0.2) is 29.9 Å². The molecule has 1 atom stereocenters. The minimum absolute atomic E-state index is 0.118. The molecule has 0 aliphatic carbocycles. The van der Waals surface area contributed by atoms with Crippen molar-refractivity contribution < 1.29 is 14.3 Å². The minimum Gasteiger partial charge on any atom is -0.466 e. The molecule has 1 unspecified atom stereocenters. The van der Waals surface area contributed by atoms with Gasteiger partial charge in [-0.25, -0.2) is 0 Å². The summed E-state index contributed by atoms with van der Waals surface area (Å²) in [7, 11) is 0. The summed E-state index contributed by atoms with van der Waals surface area (Å²) in [6.07, 6.45) is 6.09. The number of hydrogen-bond donors (Lipinski definition) is 0. The van der Waals surface area contributed by atoms with Gasteiger partial charge in [-0.3, -0.25) is 4.79 Å². The Balaban J connectivity index is 3.57. The molecule has 0 fully saturated rings. The van der Waals surface area contributed by atoms with Gasteiger partial charge in [0.1, 0.15) is 6.29 Å². The summed E-state index contributed by atoms with van der Waals surface area (Å²) >= 11 is 1.71. The average Bonchev–Trinajstić information content (AvgIpc) is 2.30. The minimum atomic E-state index is -0.118. The van der Waals surface area contributed by atoms with Crippen molar-refractivity contribution in [3.8, 4) is 0 Å². The highest BCUT2D eigenvalue weighted by atomic mass is 32.2. The number of aldehydes is 1. The molecular formula is C13H24O3S. The third-order valence-electron chi connectivity index (χ3n) is 2.39. The van der Waals surface area contributed by atoms with Gasteiger partial charge in [0.15, 0.2) is 0 Å². The van der Waals surface area contributed by atoms with Crippen molar-refractivity contribution in [2.45, 2.75) is 57.6 Å². The molecule has 0 bridgehead atoms. The van der Waals surface area contributed by atoms with E-state index in [9.17, 15) is 9.59 Å². The van der Waals surface area contributed by atoms with Gasteiger partial charge in [0, 0.05) is 17.4 Å². The van der Waals surface area contributed by atoms with E-state index in [4.69, 9.17) is 4.74 Å². The first-order valence-corrected chi connectivity index (χ1v) is 7.50. The largest absolute Gasteiger partial charge is 0.466 e. The second-order valence-electron chi connectivity index (χ2n) is 4.01. The fourth-order valence-electron chi connectivity index (χ4n) is 1.41. The summed E-state index contributed by atoms with van der Waals surface area (Å²) in [5.74, 6) is 0.635. The van der Waals surface area contributed by atoms with Crippen molar-refractivity contribution in [2.75, 3.05) is 12.4 Å². The molecule has 0 aromatic rings. The van der Waals surface area contributed by atoms with Gasteiger partial charge in [-0.05, 0) is 12.8 Å². The summed E-state index contributed by atoms with van der Waals surface area (Å²) < 4.78 is 5.06. The fourth-order valence-corrected chi connectivity index (χ4v) is 2.64. The molecule has 0 amide bonds. The molecule has 3 nitrogen and oxygen atoms in total. The lowest BCUT2D eigenvalue weighted by atomic mass is 10.2. The molecule has 0 aliphatic rings. The highest BCUT2D eigenvalue weighted by molar-refractivity contribution is 7.99. The Kier molecular flexibility index (Phi) is 11.6. The Morgan fingerprint density at radius 3 is 2.71 bits per heavy atom. The van der Waals surface area contributed by atoms with Crippen LogP contribution < -0.4 is 0 Å². The number of esters is 1. The Hall–Kier alpha value is -0.510. The summed E-state index contributed by atoms with van der Waals surface area (Å²) in [6, 6.07) is 0. The molecule has 17 heavy (non-hydrogen) atoms. The lowest BCUT2D eigenvalue weighted by Crippen LogP contribution is -2.09. The van der Waals surface area contributed by atoms with Crippen LogP contribution in [0.2, 0.25) is 0 Å². The van der Waals surface area contributed by atoms with E-state index in [1.54, 1.807) is 11.8 Å². The molecule has 100 valence electrons. The molecule has 0 rings (SSSR count). The van der Waals surface area contributed by atoms with Crippen LogP contribution in [0.25, 0.3) is 0 Å². The first kappa shape index (κ1) is 16.5. The molecule has 0 aliphatic heterocycles. The van der Waals surface area contributed by atoms with E-state index in [2.05, 4.69) is 13.8 Å². The molecule has 0 N–H and O–H groups in total. The van der Waals surface area contributed by atoms with E-state index in [0.29, 0.717) is 24.7 Å². The lowest BCUT2D eigenvalue weighted by Gasteiger charge is -2.12. The monoisotopic (exact) mass is 260 g/mol. The number of unbranched alkanes of at least 4 members (excludes halogenated alkanes) is 1. The summed E-state index contributed by atoms with van der Waals surface area (Å²) in [5, 5.41) is 0.362. The maximum absolute atomic E-state index is 11.3. The summed E-state index contributed by atoms with van der Waals surface area (Å²) in [5.41, 5.74) is 0. The smallest absolute Gasteiger partial charge is 0.306 e. The number of rotatable bonds is 11. The van der Waals surface area contributed by atoms with Crippen molar-refractivity contribution in [3.05, 3.63) is 0 Å². The second kappa shape index (κ2) is 12.0. The molecule has 0 heterocycles. The molecule has 0 radical (unpaired) electrons. The lowest BCUT2D eigenvalue weighted by molar-refractivity contribution is -0.143. The normalized spacial score (nSPS) is 12.1. The van der Waals surface area contributed by atoms with Crippen LogP contribution in [0.15, 0.2) is 0 Å². The zero-order valence-corrected chi connectivity index (χ0v) is 11.8. The summed E-state index contributed by atoms with van der Waals surface area (Å²) in [4.78, 5) is 21.8. The first-order valence-electron chi connectivity index (χ1n) is 6.45. The number of hydrogen-bond acceptors (Lipinski definition) is 4. The van der Waals surface area contributed by atoms with Crippen LogP contribution in [0, 0.1) is 0 Å². The molecule has 0 saturated heterocycles. The van der Waals surface area contributed by atoms with E-state index < -0.39 is 0 Å². The molecule has 0 spiro atoms. The maximum Gasteiger partial charge on any atom is 0.306 e. The first-order chi connectivity index (χ1) is 8.24. The third-order valence-corrected chi connectivity index (χ3v) is 3.73. The number of carbonyl (C=O) groups excluding carboxylic acids is 2. The van der Waals surface area contributed by atoms with E-state index >= 15 is 0 Å². The highest BCUT2D eigenvalue weighted by Crippen LogP contribution is 2.19. The number of carbonyl (C=O) groups is 2. The SMILES string of the molecule is CCCCOC(=O)CCSC(CC=O)CCC. The van der Waals surface area contributed by atoms with Gasteiger partial charge < -0.3 is 9.53 Å².